The summed E-state index contributed by atoms with van der Waals surface area (Å²) in [4.78, 5) is 27.9. The second kappa shape index (κ2) is 13.5. The summed E-state index contributed by atoms with van der Waals surface area (Å²) in [7, 11) is 0. The highest BCUT2D eigenvalue weighted by atomic mass is 32.1. The van der Waals surface area contributed by atoms with Crippen molar-refractivity contribution < 1.29 is 35.9 Å². The highest BCUT2D eigenvalue weighted by Crippen LogP contribution is 2.50. The topological polar surface area (TPSA) is 59.9 Å². The van der Waals surface area contributed by atoms with Crippen LogP contribution in [0.4, 0.5) is 26.3 Å². The maximum Gasteiger partial charge on any atom is 0.455 e. The Hall–Kier alpha value is -3.24. The van der Waals surface area contributed by atoms with Gasteiger partial charge in [-0.05, 0) is 72.2 Å². The third kappa shape index (κ3) is 6.32. The van der Waals surface area contributed by atoms with E-state index in [9.17, 15) is 35.9 Å². The first-order valence-corrected chi connectivity index (χ1v) is 19.2. The molecule has 256 valence electrons. The molecule has 6 aromatic rings. The molecule has 0 atom stereocenters. The molecule has 0 aliphatic heterocycles. The Kier molecular flexibility index (Phi) is 9.78. The van der Waals surface area contributed by atoms with Crippen molar-refractivity contribution >= 4 is 79.7 Å². The van der Waals surface area contributed by atoms with Crippen LogP contribution >= 0.6 is 57.1 Å². The van der Waals surface area contributed by atoms with E-state index in [4.69, 9.17) is 8.75 Å². The van der Waals surface area contributed by atoms with E-state index in [-0.39, 0.29) is 9.75 Å². The minimum absolute atomic E-state index is 0.354. The van der Waals surface area contributed by atoms with Crippen LogP contribution < -0.4 is 0 Å². The molecule has 0 aliphatic carbocycles. The number of alkyl halides is 6. The van der Waals surface area contributed by atoms with Gasteiger partial charge in [-0.25, -0.2) is 0 Å². The van der Waals surface area contributed by atoms with E-state index in [1.54, 1.807) is 12.1 Å². The summed E-state index contributed by atoms with van der Waals surface area (Å²) in [5.74, 6) is -3.72. The first-order chi connectivity index (χ1) is 23.2. The second-order valence-electron chi connectivity index (χ2n) is 11.0. The number of carbonyl (C=O) groups is 2. The van der Waals surface area contributed by atoms with Crippen LogP contribution in [0.3, 0.4) is 0 Å². The van der Waals surface area contributed by atoms with E-state index in [0.29, 0.717) is 46.5 Å². The first kappa shape index (κ1) is 35.6. The molecule has 0 amide bonds. The average molecular weight is 769 g/mol. The molecule has 0 bridgehead atoms. The lowest BCUT2D eigenvalue weighted by Crippen LogP contribution is -2.21. The van der Waals surface area contributed by atoms with E-state index in [1.165, 1.54) is 34.8 Å². The highest BCUT2D eigenvalue weighted by Gasteiger charge is 2.41. The Balaban J connectivity index is 1.47. The minimum Gasteiger partial charge on any atom is -0.283 e. The third-order valence-corrected chi connectivity index (χ3v) is 13.8. The van der Waals surface area contributed by atoms with Gasteiger partial charge in [-0.1, -0.05) is 39.8 Å². The van der Waals surface area contributed by atoms with Crippen LogP contribution in [-0.2, 0) is 25.7 Å². The zero-order valence-corrected chi connectivity index (χ0v) is 30.4. The number of aromatic nitrogens is 2. The molecule has 15 heteroatoms. The number of halogens is 6. The molecular formula is C34H26F6N2O2S5. The van der Waals surface area contributed by atoms with Crippen LogP contribution in [0, 0.1) is 0 Å². The van der Waals surface area contributed by atoms with Gasteiger partial charge in [0.05, 0.1) is 21.5 Å². The average Bonchev–Trinajstić information content (AvgIpc) is 3.90. The summed E-state index contributed by atoms with van der Waals surface area (Å²) in [6.07, 6.45) is -7.28. The molecule has 5 aromatic heterocycles. The lowest BCUT2D eigenvalue weighted by Gasteiger charge is -2.09. The van der Waals surface area contributed by atoms with Crippen molar-refractivity contribution in [3.8, 4) is 40.4 Å². The number of hydrogen-bond acceptors (Lipinski definition) is 9. The maximum absolute atomic E-state index is 13.2. The Labute approximate surface area is 297 Å². The molecule has 6 rings (SSSR count). The van der Waals surface area contributed by atoms with Crippen LogP contribution in [-0.4, -0.2) is 32.7 Å². The smallest absolute Gasteiger partial charge is 0.283 e. The number of fused-ring (bicyclic) bond motifs is 1. The summed E-state index contributed by atoms with van der Waals surface area (Å²) < 4.78 is 88.3. The summed E-state index contributed by atoms with van der Waals surface area (Å²) in [5, 5.41) is 0. The van der Waals surface area contributed by atoms with Gasteiger partial charge in [0.15, 0.2) is 0 Å². The number of rotatable bonds is 10. The standard InChI is InChI=1S/C34H26F6N2O2S5/c1-5-15-17(7-3)29(21-11-13-23(45-21)31(43)33(35,36)37)47-27(15)19-9-10-20(26-25(19)41-49-42-26)28-16(6-2)18(8-4)30(48-28)22-12-14-24(46-22)32(44)34(38,39)40/h9-14H,5-8H2,1-4H3. The lowest BCUT2D eigenvalue weighted by molar-refractivity contribution is -0.0885. The van der Waals surface area contributed by atoms with Crippen molar-refractivity contribution in [3.63, 3.8) is 0 Å². The van der Waals surface area contributed by atoms with Crippen LogP contribution in [0.2, 0.25) is 0 Å². The largest absolute Gasteiger partial charge is 0.455 e. The van der Waals surface area contributed by atoms with Crippen molar-refractivity contribution in [2.45, 2.75) is 65.7 Å². The molecule has 0 saturated heterocycles. The summed E-state index contributed by atoms with van der Waals surface area (Å²) in [6, 6.07) is 9.57. The number of nitrogens with zero attached hydrogens (tertiary/aromatic N) is 2. The van der Waals surface area contributed by atoms with Gasteiger partial charge in [0.2, 0.25) is 0 Å². The molecule has 0 N–H and O–H groups in total. The molecule has 1 aromatic carbocycles. The summed E-state index contributed by atoms with van der Waals surface area (Å²) in [5.41, 5.74) is 7.19. The Bertz CT molecular complexity index is 2060. The number of ketones is 2. The third-order valence-electron chi connectivity index (χ3n) is 8.17. The molecule has 5 heterocycles. The van der Waals surface area contributed by atoms with E-state index >= 15 is 0 Å². The lowest BCUT2D eigenvalue weighted by atomic mass is 9.96. The minimum atomic E-state index is -4.95. The second-order valence-corrected chi connectivity index (χ2v) is 15.7. The number of carbonyl (C=O) groups excluding carboxylic acids is 2. The van der Waals surface area contributed by atoms with Crippen LogP contribution in [0.5, 0.6) is 0 Å². The SMILES string of the molecule is CCc1c(-c2ccc(C(=O)C(F)(F)F)s2)sc(-c2ccc(-c3sc(-c4ccc(C(=O)C(F)(F)F)s4)c(CC)c3CC)c3nsnc23)c1CC. The summed E-state index contributed by atoms with van der Waals surface area (Å²) >= 11 is 5.68. The highest BCUT2D eigenvalue weighted by molar-refractivity contribution is 7.25. The van der Waals surface area contributed by atoms with E-state index in [2.05, 4.69) is 0 Å². The zero-order chi connectivity index (χ0) is 35.4. The van der Waals surface area contributed by atoms with E-state index < -0.39 is 23.9 Å². The number of thiophene rings is 4. The molecule has 49 heavy (non-hydrogen) atoms. The van der Waals surface area contributed by atoms with Gasteiger partial charge in [0.1, 0.15) is 11.0 Å². The molecule has 4 nitrogen and oxygen atoms in total. The predicted octanol–water partition coefficient (Wildman–Crippen LogP) is 12.3. The van der Waals surface area contributed by atoms with Crippen molar-refractivity contribution in [3.05, 3.63) is 68.4 Å². The molecule has 0 fully saturated rings. The Morgan fingerprint density at radius 2 is 0.878 bits per heavy atom. The van der Waals surface area contributed by atoms with Gasteiger partial charge in [-0.15, -0.1) is 45.3 Å². The van der Waals surface area contributed by atoms with Gasteiger partial charge in [0.25, 0.3) is 11.6 Å². The van der Waals surface area contributed by atoms with Crippen molar-refractivity contribution in [2.24, 2.45) is 0 Å². The molecule has 0 aliphatic rings. The number of benzene rings is 1. The zero-order valence-electron chi connectivity index (χ0n) is 26.3. The first-order valence-electron chi connectivity index (χ1n) is 15.2. The molecule has 0 spiro atoms. The van der Waals surface area contributed by atoms with Gasteiger partial charge < -0.3 is 0 Å². The molecule has 0 saturated carbocycles. The molecule has 0 radical (unpaired) electrons. The predicted molar refractivity (Wildman–Crippen MR) is 189 cm³/mol. The Morgan fingerprint density at radius 1 is 0.531 bits per heavy atom. The van der Waals surface area contributed by atoms with Crippen LogP contribution in [0.25, 0.3) is 51.4 Å². The fourth-order valence-electron chi connectivity index (χ4n) is 6.00. The van der Waals surface area contributed by atoms with E-state index in [1.807, 2.05) is 39.8 Å². The van der Waals surface area contributed by atoms with Crippen molar-refractivity contribution in [1.29, 1.82) is 0 Å². The molecule has 0 unspecified atom stereocenters. The molecular weight excluding hydrogens is 743 g/mol. The van der Waals surface area contributed by atoms with Crippen molar-refractivity contribution in [1.82, 2.24) is 8.75 Å². The fraction of sp³-hybridized carbons (Fsp3) is 0.294. The van der Waals surface area contributed by atoms with Crippen molar-refractivity contribution in [2.75, 3.05) is 0 Å². The van der Waals surface area contributed by atoms with E-state index in [0.717, 1.165) is 87.3 Å². The summed E-state index contributed by atoms with van der Waals surface area (Å²) in [6.45, 7) is 8.04. The van der Waals surface area contributed by atoms with Gasteiger partial charge >= 0.3 is 12.4 Å². The number of Topliss-reactive ketones (excluding diaryl/α,β-unsaturated/α-hetero) is 2. The maximum atomic E-state index is 13.2. The quantitative estimate of drug-likeness (QED) is 0.103. The van der Waals surface area contributed by atoms with Gasteiger partial charge in [-0.2, -0.15) is 35.1 Å². The number of hydrogen-bond donors (Lipinski definition) is 0. The Morgan fingerprint density at radius 3 is 1.20 bits per heavy atom. The fourth-order valence-corrected chi connectivity index (χ4v) is 11.8. The van der Waals surface area contributed by atoms with Crippen LogP contribution in [0.15, 0.2) is 36.4 Å². The normalized spacial score (nSPS) is 12.4. The van der Waals surface area contributed by atoms with Crippen LogP contribution in [0.1, 0.15) is 69.3 Å². The van der Waals surface area contributed by atoms with Gasteiger partial charge in [0, 0.05) is 40.4 Å². The van der Waals surface area contributed by atoms with Gasteiger partial charge in [-0.3, -0.25) is 9.59 Å². The monoisotopic (exact) mass is 768 g/mol.